The molecule has 0 spiro atoms. The lowest BCUT2D eigenvalue weighted by Crippen LogP contribution is -2.37. The Kier molecular flexibility index (Phi) is 4.60. The molecule has 2 aliphatic rings. The number of fused-ring (bicyclic) bond motifs is 3. The molecule has 1 atom stereocenters. The van der Waals surface area contributed by atoms with Gasteiger partial charge in [0, 0.05) is 31.3 Å². The minimum absolute atomic E-state index is 0.0467. The summed E-state index contributed by atoms with van der Waals surface area (Å²) in [6.07, 6.45) is 3.65. The summed E-state index contributed by atoms with van der Waals surface area (Å²) in [4.78, 5) is 15.3. The number of carbonyl (C=O) groups excluding carboxylic acids is 1. The van der Waals surface area contributed by atoms with Crippen LogP contribution in [0.2, 0.25) is 0 Å². The maximum atomic E-state index is 13.6. The number of rotatable bonds is 5. The number of para-hydroxylation sites is 1. The summed E-state index contributed by atoms with van der Waals surface area (Å²) in [5.74, 6) is 1.42. The van der Waals surface area contributed by atoms with Crippen molar-refractivity contribution in [3.05, 3.63) is 59.7 Å². The van der Waals surface area contributed by atoms with Gasteiger partial charge < -0.3 is 18.8 Å². The third-order valence-corrected chi connectivity index (χ3v) is 5.52. The summed E-state index contributed by atoms with van der Waals surface area (Å²) in [6.45, 7) is 1.98. The van der Waals surface area contributed by atoms with Crippen molar-refractivity contribution in [1.82, 2.24) is 14.7 Å². The Morgan fingerprint density at radius 1 is 1.28 bits per heavy atom. The van der Waals surface area contributed by atoms with E-state index < -0.39 is 0 Å². The summed E-state index contributed by atoms with van der Waals surface area (Å²) in [7, 11) is 1.87. The van der Waals surface area contributed by atoms with Crippen LogP contribution in [0.4, 0.5) is 0 Å². The van der Waals surface area contributed by atoms with Crippen molar-refractivity contribution in [2.75, 3.05) is 13.2 Å². The van der Waals surface area contributed by atoms with Crippen LogP contribution in [0.5, 0.6) is 5.75 Å². The van der Waals surface area contributed by atoms with Crippen LogP contribution in [-0.2, 0) is 24.9 Å². The molecule has 1 amide bonds. The number of furan rings is 1. The van der Waals surface area contributed by atoms with Crippen molar-refractivity contribution in [3.8, 4) is 17.0 Å². The van der Waals surface area contributed by atoms with Crippen molar-refractivity contribution in [3.63, 3.8) is 0 Å². The molecule has 4 heterocycles. The summed E-state index contributed by atoms with van der Waals surface area (Å²) < 4.78 is 19.0. The monoisotopic (exact) mass is 393 g/mol. The first-order valence-corrected chi connectivity index (χ1v) is 9.92. The molecule has 0 N–H and O–H groups in total. The minimum atomic E-state index is -0.128. The van der Waals surface area contributed by atoms with Gasteiger partial charge in [-0.15, -0.1) is 0 Å². The van der Waals surface area contributed by atoms with Crippen LogP contribution in [0, 0.1) is 0 Å². The van der Waals surface area contributed by atoms with E-state index in [1.807, 2.05) is 43.4 Å². The Morgan fingerprint density at radius 3 is 2.97 bits per heavy atom. The average Bonchev–Trinajstić information content (AvgIpc) is 3.49. The van der Waals surface area contributed by atoms with Crippen LogP contribution in [0.15, 0.2) is 47.1 Å². The van der Waals surface area contributed by atoms with Crippen LogP contribution < -0.4 is 4.74 Å². The summed E-state index contributed by atoms with van der Waals surface area (Å²) in [5, 5.41) is 4.59. The molecule has 7 heteroatoms. The van der Waals surface area contributed by atoms with E-state index in [0.717, 1.165) is 47.8 Å². The van der Waals surface area contributed by atoms with Crippen LogP contribution in [0.3, 0.4) is 0 Å². The quantitative estimate of drug-likeness (QED) is 0.665. The van der Waals surface area contributed by atoms with Crippen molar-refractivity contribution in [2.45, 2.75) is 32.1 Å². The molecular weight excluding hydrogens is 370 g/mol. The van der Waals surface area contributed by atoms with Gasteiger partial charge in [0.15, 0.2) is 5.69 Å². The van der Waals surface area contributed by atoms with E-state index in [2.05, 4.69) is 5.10 Å². The van der Waals surface area contributed by atoms with E-state index in [4.69, 9.17) is 13.9 Å². The Morgan fingerprint density at radius 2 is 2.17 bits per heavy atom. The van der Waals surface area contributed by atoms with Gasteiger partial charge in [0.05, 0.1) is 24.6 Å². The lowest BCUT2D eigenvalue weighted by Gasteiger charge is -2.25. The number of carbonyl (C=O) groups is 1. The summed E-state index contributed by atoms with van der Waals surface area (Å²) in [5.41, 5.74) is 3.15. The third kappa shape index (κ3) is 3.31. The highest BCUT2D eigenvalue weighted by Gasteiger charge is 2.32. The van der Waals surface area contributed by atoms with E-state index in [-0.39, 0.29) is 12.0 Å². The highest BCUT2D eigenvalue weighted by molar-refractivity contribution is 5.96. The molecule has 0 saturated carbocycles. The van der Waals surface area contributed by atoms with Gasteiger partial charge in [-0.2, -0.15) is 5.10 Å². The maximum absolute atomic E-state index is 13.6. The first-order chi connectivity index (χ1) is 14.2. The molecule has 1 aromatic carbocycles. The van der Waals surface area contributed by atoms with E-state index in [9.17, 15) is 4.79 Å². The van der Waals surface area contributed by atoms with Gasteiger partial charge in [-0.25, -0.2) is 0 Å². The maximum Gasteiger partial charge on any atom is 0.275 e. The Hall–Kier alpha value is -3.06. The molecule has 0 bridgehead atoms. The molecular formula is C22H23N3O4. The first-order valence-electron chi connectivity index (χ1n) is 9.92. The van der Waals surface area contributed by atoms with Gasteiger partial charge in [0.1, 0.15) is 18.1 Å². The number of benzene rings is 1. The van der Waals surface area contributed by atoms with Crippen molar-refractivity contribution in [2.24, 2.45) is 7.05 Å². The molecule has 7 nitrogen and oxygen atoms in total. The molecule has 3 aromatic rings. The zero-order chi connectivity index (χ0) is 19.8. The minimum Gasteiger partial charge on any atom is -0.488 e. The lowest BCUT2D eigenvalue weighted by molar-refractivity contribution is 0.0485. The second-order valence-corrected chi connectivity index (χ2v) is 7.48. The summed E-state index contributed by atoms with van der Waals surface area (Å²) in [6, 6.07) is 11.6. The largest absolute Gasteiger partial charge is 0.488 e. The van der Waals surface area contributed by atoms with Crippen LogP contribution in [0.1, 0.15) is 34.7 Å². The highest BCUT2D eigenvalue weighted by Crippen LogP contribution is 2.38. The Labute approximate surface area is 168 Å². The Bertz CT molecular complexity index is 1020. The molecule has 1 saturated heterocycles. The molecule has 0 aliphatic carbocycles. The standard InChI is InChI=1S/C22H23N3O4/c1-24-21-17-8-2-3-9-19(17)29-14-18(21)20(23-24)22(26)25(12-15-6-4-10-27-15)13-16-7-5-11-28-16/h2-4,6,8-10,16H,5,7,11-14H2,1H3/t16-/m1/s1. The summed E-state index contributed by atoms with van der Waals surface area (Å²) >= 11 is 0. The number of ether oxygens (including phenoxy) is 2. The van der Waals surface area contributed by atoms with Gasteiger partial charge in [-0.1, -0.05) is 12.1 Å². The fraction of sp³-hybridized carbons (Fsp3) is 0.364. The molecule has 150 valence electrons. The number of aryl methyl sites for hydroxylation is 1. The fourth-order valence-electron chi connectivity index (χ4n) is 4.15. The Balaban J connectivity index is 1.49. The van der Waals surface area contributed by atoms with Gasteiger partial charge in [-0.3, -0.25) is 9.48 Å². The number of hydrogen-bond donors (Lipinski definition) is 0. The third-order valence-electron chi connectivity index (χ3n) is 5.52. The zero-order valence-corrected chi connectivity index (χ0v) is 16.3. The second-order valence-electron chi connectivity index (χ2n) is 7.48. The van der Waals surface area contributed by atoms with Gasteiger partial charge in [-0.05, 0) is 37.1 Å². The van der Waals surface area contributed by atoms with Crippen molar-refractivity contribution in [1.29, 1.82) is 0 Å². The van der Waals surface area contributed by atoms with Crippen LogP contribution in [0.25, 0.3) is 11.3 Å². The smallest absolute Gasteiger partial charge is 0.275 e. The predicted octanol–water partition coefficient (Wildman–Crippen LogP) is 3.39. The average molecular weight is 393 g/mol. The first kappa shape index (κ1) is 18.0. The van der Waals surface area contributed by atoms with Gasteiger partial charge in [0.2, 0.25) is 0 Å². The molecule has 2 aliphatic heterocycles. The van der Waals surface area contributed by atoms with Crippen molar-refractivity contribution >= 4 is 5.91 Å². The van der Waals surface area contributed by atoms with E-state index in [0.29, 0.717) is 25.4 Å². The SMILES string of the molecule is Cn1nc(C(=O)N(Cc2ccco2)C[C@H]2CCCO2)c2c1-c1ccccc1OC2. The van der Waals surface area contributed by atoms with E-state index >= 15 is 0 Å². The molecule has 0 radical (unpaired) electrons. The van der Waals surface area contributed by atoms with Crippen molar-refractivity contribution < 1.29 is 18.7 Å². The van der Waals surface area contributed by atoms with E-state index in [1.54, 1.807) is 15.8 Å². The van der Waals surface area contributed by atoms with Gasteiger partial charge >= 0.3 is 0 Å². The molecule has 5 rings (SSSR count). The number of hydrogen-bond acceptors (Lipinski definition) is 5. The van der Waals surface area contributed by atoms with Crippen LogP contribution in [-0.4, -0.2) is 39.8 Å². The number of amides is 1. The second kappa shape index (κ2) is 7.40. The zero-order valence-electron chi connectivity index (χ0n) is 16.3. The number of nitrogens with zero attached hydrogens (tertiary/aromatic N) is 3. The van der Waals surface area contributed by atoms with E-state index in [1.165, 1.54) is 0 Å². The normalized spacial score (nSPS) is 17.5. The number of aromatic nitrogens is 2. The topological polar surface area (TPSA) is 69.7 Å². The molecule has 2 aromatic heterocycles. The molecule has 1 fully saturated rings. The molecule has 0 unspecified atom stereocenters. The highest BCUT2D eigenvalue weighted by atomic mass is 16.5. The molecule has 29 heavy (non-hydrogen) atoms. The lowest BCUT2D eigenvalue weighted by atomic mass is 10.0. The van der Waals surface area contributed by atoms with Gasteiger partial charge in [0.25, 0.3) is 5.91 Å². The fourth-order valence-corrected chi connectivity index (χ4v) is 4.15. The predicted molar refractivity (Wildman–Crippen MR) is 105 cm³/mol. The van der Waals surface area contributed by atoms with Crippen LogP contribution >= 0.6 is 0 Å².